The lowest BCUT2D eigenvalue weighted by molar-refractivity contribution is 0.0831. The maximum Gasteiger partial charge on any atom is 0.115 e. The molecule has 2 nitrogen and oxygen atoms in total. The standard InChI is InChI=1S/C19H17NO/c20-17-7-8-18-15(12-17)9-10-19(18,21)16-6-5-13-3-1-2-4-14(13)11-16/h1-8,11-12,21H,9-10,20H2. The number of aliphatic hydroxyl groups is 1. The van der Waals surface area contributed by atoms with Crippen molar-refractivity contribution in [2.24, 2.45) is 0 Å². The number of fused-ring (bicyclic) bond motifs is 2. The van der Waals surface area contributed by atoms with Crippen molar-refractivity contribution in [2.45, 2.75) is 18.4 Å². The second kappa shape index (κ2) is 4.34. The fourth-order valence-corrected chi connectivity index (χ4v) is 3.42. The molecule has 0 spiro atoms. The molecule has 104 valence electrons. The highest BCUT2D eigenvalue weighted by Crippen LogP contribution is 2.43. The smallest absolute Gasteiger partial charge is 0.115 e. The minimum atomic E-state index is -0.896. The molecule has 1 unspecified atom stereocenters. The Morgan fingerprint density at radius 3 is 2.57 bits per heavy atom. The molecule has 4 rings (SSSR count). The van der Waals surface area contributed by atoms with Gasteiger partial charge in [0.15, 0.2) is 0 Å². The van der Waals surface area contributed by atoms with Crippen molar-refractivity contribution in [1.82, 2.24) is 0 Å². The second-order valence-electron chi connectivity index (χ2n) is 5.84. The van der Waals surface area contributed by atoms with E-state index >= 15 is 0 Å². The van der Waals surface area contributed by atoms with Crippen molar-refractivity contribution in [1.29, 1.82) is 0 Å². The van der Waals surface area contributed by atoms with Crippen molar-refractivity contribution >= 4 is 16.5 Å². The van der Waals surface area contributed by atoms with E-state index in [1.165, 1.54) is 5.39 Å². The molecule has 0 aliphatic heterocycles. The van der Waals surface area contributed by atoms with Gasteiger partial charge in [-0.2, -0.15) is 0 Å². The van der Waals surface area contributed by atoms with Gasteiger partial charge in [0.1, 0.15) is 5.60 Å². The van der Waals surface area contributed by atoms with Gasteiger partial charge < -0.3 is 10.8 Å². The van der Waals surface area contributed by atoms with Crippen molar-refractivity contribution < 1.29 is 5.11 Å². The molecular weight excluding hydrogens is 258 g/mol. The first-order chi connectivity index (χ1) is 10.2. The van der Waals surface area contributed by atoms with E-state index in [9.17, 15) is 5.11 Å². The zero-order chi connectivity index (χ0) is 14.4. The summed E-state index contributed by atoms with van der Waals surface area (Å²) in [7, 11) is 0. The topological polar surface area (TPSA) is 46.2 Å². The van der Waals surface area contributed by atoms with Crippen LogP contribution in [-0.2, 0) is 12.0 Å². The van der Waals surface area contributed by atoms with Gasteiger partial charge in [0.2, 0.25) is 0 Å². The lowest BCUT2D eigenvalue weighted by Gasteiger charge is -2.25. The van der Waals surface area contributed by atoms with Crippen LogP contribution in [0, 0.1) is 0 Å². The van der Waals surface area contributed by atoms with Crippen LogP contribution in [0.4, 0.5) is 5.69 Å². The summed E-state index contributed by atoms with van der Waals surface area (Å²) in [4.78, 5) is 0. The van der Waals surface area contributed by atoms with Crippen LogP contribution < -0.4 is 5.73 Å². The van der Waals surface area contributed by atoms with Crippen LogP contribution in [-0.4, -0.2) is 5.11 Å². The highest BCUT2D eigenvalue weighted by atomic mass is 16.3. The second-order valence-corrected chi connectivity index (χ2v) is 5.84. The molecule has 1 aliphatic rings. The monoisotopic (exact) mass is 275 g/mol. The fourth-order valence-electron chi connectivity index (χ4n) is 3.42. The number of hydrogen-bond donors (Lipinski definition) is 2. The molecule has 0 saturated heterocycles. The summed E-state index contributed by atoms with van der Waals surface area (Å²) in [5.41, 5.74) is 8.83. The van der Waals surface area contributed by atoms with Gasteiger partial charge in [-0.15, -0.1) is 0 Å². The van der Waals surface area contributed by atoms with Gasteiger partial charge in [0, 0.05) is 5.69 Å². The quantitative estimate of drug-likeness (QED) is 0.666. The Morgan fingerprint density at radius 1 is 0.905 bits per heavy atom. The summed E-state index contributed by atoms with van der Waals surface area (Å²) in [5.74, 6) is 0. The van der Waals surface area contributed by atoms with Crippen molar-refractivity contribution in [3.05, 3.63) is 77.4 Å². The molecule has 0 aromatic heterocycles. The average molecular weight is 275 g/mol. The predicted molar refractivity (Wildman–Crippen MR) is 86.1 cm³/mol. The minimum absolute atomic E-state index is 0.712. The summed E-state index contributed by atoms with van der Waals surface area (Å²) < 4.78 is 0. The van der Waals surface area contributed by atoms with Gasteiger partial charge >= 0.3 is 0 Å². The summed E-state index contributed by atoms with van der Waals surface area (Å²) in [6, 6.07) is 20.3. The van der Waals surface area contributed by atoms with E-state index in [-0.39, 0.29) is 0 Å². The molecule has 3 aromatic carbocycles. The number of benzene rings is 3. The van der Waals surface area contributed by atoms with Crippen LogP contribution in [0.25, 0.3) is 10.8 Å². The first-order valence-electron chi connectivity index (χ1n) is 7.27. The molecule has 2 heteroatoms. The van der Waals surface area contributed by atoms with Crippen LogP contribution in [0.2, 0.25) is 0 Å². The Morgan fingerprint density at radius 2 is 1.71 bits per heavy atom. The highest BCUT2D eigenvalue weighted by molar-refractivity contribution is 5.83. The Hall–Kier alpha value is -2.32. The third-order valence-corrected chi connectivity index (χ3v) is 4.56. The Bertz CT molecular complexity index is 840. The normalized spacial score (nSPS) is 20.6. The molecule has 3 aromatic rings. The maximum atomic E-state index is 11.2. The Kier molecular flexibility index (Phi) is 2.57. The molecule has 0 heterocycles. The predicted octanol–water partition coefficient (Wildman–Crippen LogP) is 3.60. The first kappa shape index (κ1) is 12.4. The van der Waals surface area contributed by atoms with Gasteiger partial charge in [-0.25, -0.2) is 0 Å². The molecular formula is C19H17NO. The zero-order valence-corrected chi connectivity index (χ0v) is 11.7. The minimum Gasteiger partial charge on any atom is -0.399 e. The van der Waals surface area contributed by atoms with Crippen LogP contribution in [0.1, 0.15) is 23.1 Å². The lowest BCUT2D eigenvalue weighted by Crippen LogP contribution is -2.23. The third-order valence-electron chi connectivity index (χ3n) is 4.56. The number of nitrogens with two attached hydrogens (primary N) is 1. The summed E-state index contributed by atoms with van der Waals surface area (Å²) in [6.07, 6.45) is 1.58. The number of hydrogen-bond acceptors (Lipinski definition) is 2. The van der Waals surface area contributed by atoms with E-state index in [1.54, 1.807) is 0 Å². The molecule has 0 amide bonds. The van der Waals surface area contributed by atoms with Crippen molar-refractivity contribution in [2.75, 3.05) is 5.73 Å². The third kappa shape index (κ3) is 1.83. The van der Waals surface area contributed by atoms with Gasteiger partial charge in [0.25, 0.3) is 0 Å². The highest BCUT2D eigenvalue weighted by Gasteiger charge is 2.38. The molecule has 1 aliphatic carbocycles. The average Bonchev–Trinajstić information content (AvgIpc) is 2.84. The van der Waals surface area contributed by atoms with Crippen LogP contribution >= 0.6 is 0 Å². The molecule has 0 saturated carbocycles. The van der Waals surface area contributed by atoms with E-state index < -0.39 is 5.60 Å². The van der Waals surface area contributed by atoms with Crippen LogP contribution in [0.5, 0.6) is 0 Å². The van der Waals surface area contributed by atoms with Gasteiger partial charge in [-0.05, 0) is 58.5 Å². The van der Waals surface area contributed by atoms with Crippen molar-refractivity contribution in [3.63, 3.8) is 0 Å². The first-order valence-corrected chi connectivity index (χ1v) is 7.27. The van der Waals surface area contributed by atoms with Crippen molar-refractivity contribution in [3.8, 4) is 0 Å². The Balaban J connectivity index is 1.89. The van der Waals surface area contributed by atoms with E-state index in [0.29, 0.717) is 6.42 Å². The maximum absolute atomic E-state index is 11.2. The zero-order valence-electron chi connectivity index (χ0n) is 11.7. The van der Waals surface area contributed by atoms with Gasteiger partial charge in [0.05, 0.1) is 0 Å². The Labute approximate surface area is 123 Å². The molecule has 0 fully saturated rings. The summed E-state index contributed by atoms with van der Waals surface area (Å²) >= 11 is 0. The number of rotatable bonds is 1. The molecule has 0 bridgehead atoms. The summed E-state index contributed by atoms with van der Waals surface area (Å²) in [6.45, 7) is 0. The summed E-state index contributed by atoms with van der Waals surface area (Å²) in [5, 5.41) is 13.6. The number of aryl methyl sites for hydroxylation is 1. The molecule has 0 radical (unpaired) electrons. The lowest BCUT2D eigenvalue weighted by atomic mass is 9.86. The van der Waals surface area contributed by atoms with E-state index in [2.05, 4.69) is 24.3 Å². The van der Waals surface area contributed by atoms with E-state index in [4.69, 9.17) is 5.73 Å². The molecule has 3 N–H and O–H groups in total. The van der Waals surface area contributed by atoms with Gasteiger partial charge in [-0.3, -0.25) is 0 Å². The van der Waals surface area contributed by atoms with E-state index in [1.807, 2.05) is 36.4 Å². The number of nitrogen functional groups attached to an aromatic ring is 1. The van der Waals surface area contributed by atoms with Crippen LogP contribution in [0.15, 0.2) is 60.7 Å². The SMILES string of the molecule is Nc1ccc2c(c1)CCC2(O)c1ccc2ccccc2c1. The van der Waals surface area contributed by atoms with Crippen LogP contribution in [0.3, 0.4) is 0 Å². The fraction of sp³-hybridized carbons (Fsp3) is 0.158. The molecule has 21 heavy (non-hydrogen) atoms. The van der Waals surface area contributed by atoms with E-state index in [0.717, 1.165) is 34.2 Å². The molecule has 1 atom stereocenters. The van der Waals surface area contributed by atoms with Gasteiger partial charge in [-0.1, -0.05) is 42.5 Å². The largest absolute Gasteiger partial charge is 0.399 e. The number of anilines is 1.